The maximum Gasteiger partial charge on any atom is 0.435 e. The Morgan fingerprint density at radius 2 is 2.06 bits per heavy atom. The van der Waals surface area contributed by atoms with Crippen LogP contribution in [0.3, 0.4) is 0 Å². The van der Waals surface area contributed by atoms with Gasteiger partial charge in [-0.1, -0.05) is 6.08 Å². The number of rotatable bonds is 7. The van der Waals surface area contributed by atoms with E-state index in [0.717, 1.165) is 12.5 Å². The molecule has 0 unspecified atom stereocenters. The lowest BCUT2D eigenvalue weighted by atomic mass is 10.4. The minimum atomic E-state index is -4.46. The van der Waals surface area contributed by atoms with Crippen LogP contribution in [0.1, 0.15) is 12.1 Å². The van der Waals surface area contributed by atoms with Gasteiger partial charge in [-0.05, 0) is 18.6 Å². The van der Waals surface area contributed by atoms with Crippen molar-refractivity contribution in [2.75, 3.05) is 25.1 Å². The Morgan fingerprint density at radius 1 is 1.28 bits per heavy atom. The number of nitrogens with one attached hydrogen (secondary N) is 1. The molecule has 100 valence electrons. The lowest BCUT2D eigenvalue weighted by Crippen LogP contribution is -2.13. The number of aromatic nitrogens is 2. The second-order valence-electron chi connectivity index (χ2n) is 3.42. The summed E-state index contributed by atoms with van der Waals surface area (Å²) < 4.78 is 41.8. The van der Waals surface area contributed by atoms with Crippen molar-refractivity contribution in [1.82, 2.24) is 10.2 Å². The monoisotopic (exact) mass is 261 g/mol. The molecule has 0 radical (unpaired) electrons. The Morgan fingerprint density at radius 3 is 2.61 bits per heavy atom. The lowest BCUT2D eigenvalue weighted by Gasteiger charge is -2.07. The highest BCUT2D eigenvalue weighted by Crippen LogP contribution is 2.26. The molecule has 0 amide bonds. The second-order valence-corrected chi connectivity index (χ2v) is 3.42. The first kappa shape index (κ1) is 14.4. The van der Waals surface area contributed by atoms with Crippen molar-refractivity contribution in [3.63, 3.8) is 0 Å². The molecular weight excluding hydrogens is 247 g/mol. The molecule has 0 atom stereocenters. The van der Waals surface area contributed by atoms with Gasteiger partial charge in [0, 0.05) is 6.54 Å². The van der Waals surface area contributed by atoms with Gasteiger partial charge in [0.2, 0.25) is 0 Å². The molecule has 1 aromatic heterocycles. The van der Waals surface area contributed by atoms with Crippen molar-refractivity contribution < 1.29 is 17.9 Å². The van der Waals surface area contributed by atoms with E-state index in [4.69, 9.17) is 4.74 Å². The van der Waals surface area contributed by atoms with E-state index in [1.807, 2.05) is 0 Å². The Labute approximate surface area is 103 Å². The maximum absolute atomic E-state index is 12.2. The summed E-state index contributed by atoms with van der Waals surface area (Å²) in [5.41, 5.74) is -1.00. The van der Waals surface area contributed by atoms with Gasteiger partial charge in [-0.3, -0.25) is 0 Å². The van der Waals surface area contributed by atoms with E-state index >= 15 is 0 Å². The first-order chi connectivity index (χ1) is 8.54. The van der Waals surface area contributed by atoms with E-state index in [2.05, 4.69) is 22.1 Å². The Hall–Kier alpha value is -1.63. The summed E-state index contributed by atoms with van der Waals surface area (Å²) in [5, 5.41) is 9.32. The molecule has 0 saturated heterocycles. The van der Waals surface area contributed by atoms with Crippen LogP contribution in [0.4, 0.5) is 19.0 Å². The number of nitrogens with zero attached hydrogens (tertiary/aromatic N) is 2. The molecule has 7 heteroatoms. The molecule has 1 aromatic rings. The zero-order valence-electron chi connectivity index (χ0n) is 9.70. The van der Waals surface area contributed by atoms with E-state index < -0.39 is 11.9 Å². The zero-order valence-corrected chi connectivity index (χ0v) is 9.70. The molecule has 1 rings (SSSR count). The molecule has 18 heavy (non-hydrogen) atoms. The summed E-state index contributed by atoms with van der Waals surface area (Å²) in [6.45, 7) is 5.02. The largest absolute Gasteiger partial charge is 0.435 e. The Kier molecular flexibility index (Phi) is 5.57. The molecule has 0 fully saturated rings. The standard InChI is InChI=1S/C11H14F3N3O/c1-2-3-7-18-8-6-15-10-5-4-9(16-17-10)11(12,13)14/h2,4-5H,1,3,6-8H2,(H,15,17). The van der Waals surface area contributed by atoms with Crippen LogP contribution in [0.2, 0.25) is 0 Å². The summed E-state index contributed by atoms with van der Waals surface area (Å²) in [5.74, 6) is 0.287. The van der Waals surface area contributed by atoms with E-state index in [1.165, 1.54) is 6.07 Å². The highest BCUT2D eigenvalue weighted by molar-refractivity contribution is 5.33. The van der Waals surface area contributed by atoms with Crippen LogP contribution in [0.25, 0.3) is 0 Å². The minimum Gasteiger partial charge on any atom is -0.379 e. The maximum atomic E-state index is 12.2. The van der Waals surface area contributed by atoms with E-state index in [1.54, 1.807) is 6.08 Å². The molecule has 0 spiro atoms. The summed E-state index contributed by atoms with van der Waals surface area (Å²) in [6, 6.07) is 2.12. The van der Waals surface area contributed by atoms with Gasteiger partial charge in [0.1, 0.15) is 5.82 Å². The predicted molar refractivity (Wildman–Crippen MR) is 61.2 cm³/mol. The number of alkyl halides is 3. The molecule has 0 saturated carbocycles. The first-order valence-electron chi connectivity index (χ1n) is 5.37. The van der Waals surface area contributed by atoms with Crippen molar-refractivity contribution in [1.29, 1.82) is 0 Å². The van der Waals surface area contributed by atoms with Crippen LogP contribution in [0.15, 0.2) is 24.8 Å². The fourth-order valence-corrected chi connectivity index (χ4v) is 1.10. The second kappa shape index (κ2) is 6.95. The molecular formula is C11H14F3N3O. The fraction of sp³-hybridized carbons (Fsp3) is 0.455. The average Bonchev–Trinajstić information content (AvgIpc) is 2.33. The number of hydrogen-bond acceptors (Lipinski definition) is 4. The van der Waals surface area contributed by atoms with Crippen LogP contribution >= 0.6 is 0 Å². The van der Waals surface area contributed by atoms with Crippen molar-refractivity contribution in [2.45, 2.75) is 12.6 Å². The van der Waals surface area contributed by atoms with Crippen molar-refractivity contribution >= 4 is 5.82 Å². The van der Waals surface area contributed by atoms with Gasteiger partial charge in [-0.25, -0.2) is 0 Å². The summed E-state index contributed by atoms with van der Waals surface area (Å²) >= 11 is 0. The first-order valence-corrected chi connectivity index (χ1v) is 5.37. The molecule has 4 nitrogen and oxygen atoms in total. The SMILES string of the molecule is C=CCCOCCNc1ccc(C(F)(F)F)nn1. The number of halogens is 3. The van der Waals surface area contributed by atoms with Gasteiger partial charge in [0.25, 0.3) is 0 Å². The van der Waals surface area contributed by atoms with E-state index in [0.29, 0.717) is 19.8 Å². The fourth-order valence-electron chi connectivity index (χ4n) is 1.10. The predicted octanol–water partition coefficient (Wildman–Crippen LogP) is 2.50. The van der Waals surface area contributed by atoms with Gasteiger partial charge in [-0.15, -0.1) is 16.8 Å². The topological polar surface area (TPSA) is 47.0 Å². The molecule has 0 aliphatic heterocycles. The highest BCUT2D eigenvalue weighted by Gasteiger charge is 2.32. The third-order valence-electron chi connectivity index (χ3n) is 1.97. The van der Waals surface area contributed by atoms with Crippen LogP contribution in [-0.2, 0) is 10.9 Å². The minimum absolute atomic E-state index is 0.287. The van der Waals surface area contributed by atoms with E-state index in [9.17, 15) is 13.2 Å². The third kappa shape index (κ3) is 5.13. The highest BCUT2D eigenvalue weighted by atomic mass is 19.4. The van der Waals surface area contributed by atoms with Gasteiger partial charge in [-0.2, -0.15) is 13.2 Å². The molecule has 0 aliphatic carbocycles. The Bertz CT molecular complexity index is 365. The lowest BCUT2D eigenvalue weighted by molar-refractivity contribution is -0.141. The van der Waals surface area contributed by atoms with Crippen molar-refractivity contribution in [2.24, 2.45) is 0 Å². The quantitative estimate of drug-likeness (QED) is 0.605. The molecule has 1 N–H and O–H groups in total. The van der Waals surface area contributed by atoms with Gasteiger partial charge in [0.15, 0.2) is 5.69 Å². The van der Waals surface area contributed by atoms with Crippen LogP contribution in [-0.4, -0.2) is 30.0 Å². The summed E-state index contributed by atoms with van der Waals surface area (Å²) in [4.78, 5) is 0. The summed E-state index contributed by atoms with van der Waals surface area (Å²) in [6.07, 6.45) is -1.95. The van der Waals surface area contributed by atoms with Gasteiger partial charge < -0.3 is 10.1 Å². The normalized spacial score (nSPS) is 11.3. The average molecular weight is 261 g/mol. The Balaban J connectivity index is 2.29. The molecule has 1 heterocycles. The molecule has 0 bridgehead atoms. The molecule has 0 aliphatic rings. The van der Waals surface area contributed by atoms with Crippen LogP contribution in [0, 0.1) is 0 Å². The number of ether oxygens (including phenoxy) is 1. The smallest absolute Gasteiger partial charge is 0.379 e. The third-order valence-corrected chi connectivity index (χ3v) is 1.97. The number of hydrogen-bond donors (Lipinski definition) is 1. The zero-order chi connectivity index (χ0) is 13.4. The van der Waals surface area contributed by atoms with Gasteiger partial charge >= 0.3 is 6.18 Å². The number of anilines is 1. The van der Waals surface area contributed by atoms with Crippen molar-refractivity contribution in [3.8, 4) is 0 Å². The van der Waals surface area contributed by atoms with Gasteiger partial charge in [0.05, 0.1) is 13.2 Å². The van der Waals surface area contributed by atoms with Crippen LogP contribution in [0.5, 0.6) is 0 Å². The van der Waals surface area contributed by atoms with Crippen LogP contribution < -0.4 is 5.32 Å². The summed E-state index contributed by atoms with van der Waals surface area (Å²) in [7, 11) is 0. The van der Waals surface area contributed by atoms with E-state index in [-0.39, 0.29) is 5.82 Å². The molecule has 0 aromatic carbocycles. The van der Waals surface area contributed by atoms with Crippen molar-refractivity contribution in [3.05, 3.63) is 30.5 Å².